The van der Waals surface area contributed by atoms with Crippen LogP contribution < -0.4 is 15.0 Å². The van der Waals surface area contributed by atoms with Gasteiger partial charge in [0.25, 0.3) is 5.91 Å². The molecule has 2 N–H and O–H groups in total. The third-order valence-corrected chi connectivity index (χ3v) is 6.34. The molecular formula is C26H32N4O3S. The highest BCUT2D eigenvalue weighted by Gasteiger charge is 2.49. The minimum Gasteiger partial charge on any atom is -0.504 e. The molecule has 1 heterocycles. The van der Waals surface area contributed by atoms with Crippen LogP contribution in [0.2, 0.25) is 0 Å². The van der Waals surface area contributed by atoms with Crippen LogP contribution in [0.4, 0.5) is 5.69 Å². The summed E-state index contributed by atoms with van der Waals surface area (Å²) in [4.78, 5) is 16.6. The van der Waals surface area contributed by atoms with Crippen LogP contribution in [0, 0.1) is 18.3 Å². The second-order valence-corrected chi connectivity index (χ2v) is 9.65. The number of phenols is 1. The van der Waals surface area contributed by atoms with Crippen LogP contribution >= 0.6 is 12.2 Å². The van der Waals surface area contributed by atoms with E-state index < -0.39 is 5.54 Å². The quantitative estimate of drug-likeness (QED) is 0.410. The standard InChI is InChI=1S/C26H32N4O3S/c1-17(2)28-16-19-7-10-23(22(31)14-19)33-12-6-11-29-25(34)30(24(32)26(29,4)5)21-9-8-20(15-27)18(3)13-21/h7-10,13-14,17,28,31H,6,11-12,16H2,1-5H3. The van der Waals surface area contributed by atoms with Gasteiger partial charge in [-0.3, -0.25) is 9.69 Å². The number of hydrogen-bond acceptors (Lipinski definition) is 6. The molecule has 34 heavy (non-hydrogen) atoms. The first-order valence-corrected chi connectivity index (χ1v) is 11.8. The van der Waals surface area contributed by atoms with E-state index in [2.05, 4.69) is 25.2 Å². The van der Waals surface area contributed by atoms with Crippen LogP contribution in [0.25, 0.3) is 0 Å². The van der Waals surface area contributed by atoms with Crippen molar-refractivity contribution >= 4 is 28.9 Å². The Morgan fingerprint density at radius 1 is 1.24 bits per heavy atom. The fourth-order valence-electron chi connectivity index (χ4n) is 3.87. The van der Waals surface area contributed by atoms with Crippen molar-refractivity contribution in [3.8, 4) is 17.6 Å². The highest BCUT2D eigenvalue weighted by molar-refractivity contribution is 7.80. The zero-order valence-electron chi connectivity index (χ0n) is 20.4. The number of carbonyl (C=O) groups is 1. The van der Waals surface area contributed by atoms with Crippen molar-refractivity contribution in [2.75, 3.05) is 18.1 Å². The number of thiocarbonyl (C=S) groups is 1. The predicted octanol–water partition coefficient (Wildman–Crippen LogP) is 4.25. The lowest BCUT2D eigenvalue weighted by Crippen LogP contribution is -2.44. The van der Waals surface area contributed by atoms with E-state index in [0.29, 0.717) is 54.3 Å². The third-order valence-electron chi connectivity index (χ3n) is 5.93. The average molecular weight is 481 g/mol. The molecule has 2 aromatic rings. The highest BCUT2D eigenvalue weighted by Crippen LogP contribution is 2.33. The summed E-state index contributed by atoms with van der Waals surface area (Å²) in [6.45, 7) is 11.3. The summed E-state index contributed by atoms with van der Waals surface area (Å²) in [7, 11) is 0. The molecule has 180 valence electrons. The van der Waals surface area contributed by atoms with Gasteiger partial charge in [0.15, 0.2) is 16.6 Å². The molecule has 0 bridgehead atoms. The number of rotatable bonds is 9. The van der Waals surface area contributed by atoms with Crippen molar-refractivity contribution < 1.29 is 14.6 Å². The van der Waals surface area contributed by atoms with E-state index in [1.165, 1.54) is 0 Å². The maximum Gasteiger partial charge on any atom is 0.258 e. The van der Waals surface area contributed by atoms with Gasteiger partial charge in [-0.25, -0.2) is 0 Å². The van der Waals surface area contributed by atoms with Gasteiger partial charge in [0.1, 0.15) is 5.54 Å². The molecule has 0 unspecified atom stereocenters. The summed E-state index contributed by atoms with van der Waals surface area (Å²) in [5.41, 5.74) is 2.22. The van der Waals surface area contributed by atoms with Crippen molar-refractivity contribution in [1.82, 2.24) is 10.2 Å². The number of aryl methyl sites for hydroxylation is 1. The fourth-order valence-corrected chi connectivity index (χ4v) is 4.38. The second-order valence-electron chi connectivity index (χ2n) is 9.28. The fraction of sp³-hybridized carbons (Fsp3) is 0.423. The van der Waals surface area contributed by atoms with E-state index in [4.69, 9.17) is 17.0 Å². The zero-order chi connectivity index (χ0) is 25.0. The van der Waals surface area contributed by atoms with Gasteiger partial charge in [0.05, 0.1) is 23.9 Å². The monoisotopic (exact) mass is 480 g/mol. The van der Waals surface area contributed by atoms with Crippen molar-refractivity contribution in [3.05, 3.63) is 53.1 Å². The largest absolute Gasteiger partial charge is 0.504 e. The number of benzene rings is 2. The lowest BCUT2D eigenvalue weighted by molar-refractivity contribution is -0.123. The molecule has 0 aromatic heterocycles. The summed E-state index contributed by atoms with van der Waals surface area (Å²) < 4.78 is 5.79. The number of nitrogens with one attached hydrogen (secondary N) is 1. The van der Waals surface area contributed by atoms with Gasteiger partial charge >= 0.3 is 0 Å². The number of anilines is 1. The number of nitriles is 1. The normalized spacial score (nSPS) is 15.2. The maximum atomic E-state index is 13.2. The maximum absolute atomic E-state index is 13.2. The van der Waals surface area contributed by atoms with Gasteiger partial charge in [-0.05, 0) is 80.9 Å². The van der Waals surface area contributed by atoms with Crippen LogP contribution in [0.15, 0.2) is 36.4 Å². The Morgan fingerprint density at radius 2 is 1.97 bits per heavy atom. The minimum atomic E-state index is -0.800. The van der Waals surface area contributed by atoms with Gasteiger partial charge < -0.3 is 20.1 Å². The number of hydrogen-bond donors (Lipinski definition) is 2. The Labute approximate surface area is 206 Å². The summed E-state index contributed by atoms with van der Waals surface area (Å²) in [6.07, 6.45) is 0.618. The molecule has 8 heteroatoms. The molecule has 3 rings (SSSR count). The molecule has 1 aliphatic heterocycles. The molecule has 0 atom stereocenters. The molecule has 0 radical (unpaired) electrons. The molecule has 1 aliphatic rings. The van der Waals surface area contributed by atoms with E-state index in [1.54, 1.807) is 29.2 Å². The molecule has 2 aromatic carbocycles. The van der Waals surface area contributed by atoms with Gasteiger partial charge in [0.2, 0.25) is 0 Å². The number of phenolic OH excluding ortho intramolecular Hbond substituents is 1. The van der Waals surface area contributed by atoms with Crippen molar-refractivity contribution in [3.63, 3.8) is 0 Å². The number of aromatic hydroxyl groups is 1. The SMILES string of the molecule is Cc1cc(N2C(=O)C(C)(C)N(CCCOc3ccc(CNC(C)C)cc3O)C2=S)ccc1C#N. The first kappa shape index (κ1) is 25.5. The molecule has 0 saturated carbocycles. The van der Waals surface area contributed by atoms with Crippen LogP contribution in [0.3, 0.4) is 0 Å². The van der Waals surface area contributed by atoms with Gasteiger partial charge in [0, 0.05) is 19.1 Å². The first-order valence-electron chi connectivity index (χ1n) is 11.4. The smallest absolute Gasteiger partial charge is 0.258 e. The van der Waals surface area contributed by atoms with E-state index in [1.807, 2.05) is 37.8 Å². The average Bonchev–Trinajstić information content (AvgIpc) is 2.95. The van der Waals surface area contributed by atoms with Crippen molar-refractivity contribution in [1.29, 1.82) is 5.26 Å². The summed E-state index contributed by atoms with van der Waals surface area (Å²) >= 11 is 5.67. The third kappa shape index (κ3) is 5.32. The second kappa shape index (κ2) is 10.4. The molecule has 1 saturated heterocycles. The van der Waals surface area contributed by atoms with E-state index in [0.717, 1.165) is 11.1 Å². The van der Waals surface area contributed by atoms with E-state index in [-0.39, 0.29) is 11.7 Å². The molecule has 7 nitrogen and oxygen atoms in total. The Bertz CT molecular complexity index is 1120. The Balaban J connectivity index is 1.61. The number of amides is 1. The Kier molecular flexibility index (Phi) is 7.80. The zero-order valence-corrected chi connectivity index (χ0v) is 21.2. The predicted molar refractivity (Wildman–Crippen MR) is 137 cm³/mol. The van der Waals surface area contributed by atoms with Gasteiger partial charge in [-0.15, -0.1) is 0 Å². The van der Waals surface area contributed by atoms with Gasteiger partial charge in [-0.2, -0.15) is 5.26 Å². The molecular weight excluding hydrogens is 448 g/mol. The Morgan fingerprint density at radius 3 is 2.59 bits per heavy atom. The lowest BCUT2D eigenvalue weighted by atomic mass is 10.0. The molecule has 0 spiro atoms. The number of ether oxygens (including phenoxy) is 1. The topological polar surface area (TPSA) is 88.8 Å². The van der Waals surface area contributed by atoms with Crippen LogP contribution in [-0.4, -0.2) is 45.8 Å². The van der Waals surface area contributed by atoms with E-state index >= 15 is 0 Å². The molecule has 0 aliphatic carbocycles. The highest BCUT2D eigenvalue weighted by atomic mass is 32.1. The molecule has 1 fully saturated rings. The molecule has 1 amide bonds. The van der Waals surface area contributed by atoms with Crippen molar-refractivity contribution in [2.24, 2.45) is 0 Å². The van der Waals surface area contributed by atoms with Crippen LogP contribution in [0.1, 0.15) is 50.8 Å². The summed E-state index contributed by atoms with van der Waals surface area (Å²) in [5.74, 6) is 0.436. The Hall–Kier alpha value is -3.15. The summed E-state index contributed by atoms with van der Waals surface area (Å²) in [6, 6.07) is 13.2. The first-order chi connectivity index (χ1) is 16.1. The van der Waals surface area contributed by atoms with Crippen LogP contribution in [0.5, 0.6) is 11.5 Å². The van der Waals surface area contributed by atoms with E-state index in [9.17, 15) is 15.2 Å². The minimum absolute atomic E-state index is 0.106. The van der Waals surface area contributed by atoms with Gasteiger partial charge in [-0.1, -0.05) is 19.9 Å². The van der Waals surface area contributed by atoms with Crippen LogP contribution in [-0.2, 0) is 11.3 Å². The summed E-state index contributed by atoms with van der Waals surface area (Å²) in [5, 5.41) is 23.2. The van der Waals surface area contributed by atoms with Crippen molar-refractivity contribution in [2.45, 2.75) is 59.2 Å². The number of nitrogens with zero attached hydrogens (tertiary/aromatic N) is 3. The number of carbonyl (C=O) groups excluding carboxylic acids is 1. The lowest BCUT2D eigenvalue weighted by Gasteiger charge is -2.29.